The van der Waals surface area contributed by atoms with Gasteiger partial charge < -0.3 is 29.2 Å². The molecule has 8 nitrogen and oxygen atoms in total. The van der Waals surface area contributed by atoms with Gasteiger partial charge in [0.05, 0.1) is 31.8 Å². The van der Waals surface area contributed by atoms with E-state index >= 15 is 0 Å². The van der Waals surface area contributed by atoms with Crippen molar-refractivity contribution in [3.8, 4) is 22.6 Å². The molecule has 5 rings (SSSR count). The lowest BCUT2D eigenvalue weighted by Gasteiger charge is -2.34. The molecule has 0 heterocycles. The number of carbonyl (C=O) groups excluding carboxylic acids is 2. The molecular weight excluding hydrogens is 596 g/mol. The van der Waals surface area contributed by atoms with Crippen LogP contribution in [0.1, 0.15) is 48.9 Å². The molecule has 2 N–H and O–H groups in total. The molecule has 0 fully saturated rings. The van der Waals surface area contributed by atoms with Crippen molar-refractivity contribution in [1.29, 1.82) is 0 Å². The Morgan fingerprint density at radius 1 is 0.574 bits per heavy atom. The van der Waals surface area contributed by atoms with E-state index in [1.807, 2.05) is 24.3 Å². The normalized spacial score (nSPS) is 13.3. The van der Waals surface area contributed by atoms with Gasteiger partial charge in [-0.1, -0.05) is 72.8 Å². The number of hydrogen-bond acceptors (Lipinski definition) is 8. The molecule has 4 aromatic rings. The number of benzene rings is 4. The predicted molar refractivity (Wildman–Crippen MR) is 179 cm³/mol. The van der Waals surface area contributed by atoms with Gasteiger partial charge in [0.15, 0.2) is 11.5 Å². The van der Waals surface area contributed by atoms with Gasteiger partial charge in [-0.05, 0) is 83.6 Å². The first kappa shape index (κ1) is 32.9. The number of esters is 2. The zero-order valence-electron chi connectivity index (χ0n) is 26.5. The summed E-state index contributed by atoms with van der Waals surface area (Å²) in [5.41, 5.74) is 6.30. The van der Waals surface area contributed by atoms with E-state index in [1.165, 1.54) is 34.4 Å². The average molecular weight is 635 g/mol. The molecule has 0 unspecified atom stereocenters. The number of aliphatic hydroxyl groups excluding tert-OH is 2. The molecule has 0 bridgehead atoms. The second kappa shape index (κ2) is 15.2. The Hall–Kier alpha value is -5.50. The van der Waals surface area contributed by atoms with Crippen molar-refractivity contribution >= 4 is 11.9 Å². The quantitative estimate of drug-likeness (QED) is 0.0556. The topological polar surface area (TPSA) is 112 Å². The van der Waals surface area contributed by atoms with Gasteiger partial charge in [-0.15, -0.1) is 0 Å². The Morgan fingerprint density at radius 3 is 1.34 bits per heavy atom. The molecule has 1 aliphatic rings. The van der Waals surface area contributed by atoms with Crippen molar-refractivity contribution < 1.29 is 38.7 Å². The van der Waals surface area contributed by atoms with Crippen LogP contribution in [0.2, 0.25) is 0 Å². The standard InChI is InChI=1S/C39H38O8/c1-3-35(40)37(42)46-25-9-23-44-29-19-15-27(16-20-29)39(33-13-7-5-11-31(33)32-12-6-8-14-34(32)39)28-17-21-30(22-18-28)45-24-10-26-47-38(43)36(41)4-2/h3-8,11-22,40-41H,9-10,23-26H2,1-2H3. The molecule has 0 saturated heterocycles. The van der Waals surface area contributed by atoms with E-state index in [4.69, 9.17) is 18.9 Å². The van der Waals surface area contributed by atoms with Crippen LogP contribution in [0.4, 0.5) is 0 Å². The van der Waals surface area contributed by atoms with Crippen LogP contribution in [0, 0.1) is 0 Å². The smallest absolute Gasteiger partial charge is 0.373 e. The maximum absolute atomic E-state index is 11.6. The van der Waals surface area contributed by atoms with Crippen LogP contribution in [-0.4, -0.2) is 48.6 Å². The van der Waals surface area contributed by atoms with Crippen LogP contribution < -0.4 is 9.47 Å². The SMILES string of the molecule is CC=C(O)C(=O)OCCCOc1ccc(C2(c3ccc(OCCCOC(=O)C(O)=CC)cc3)c3ccccc3-c3ccccc32)cc1. The molecule has 0 atom stereocenters. The van der Waals surface area contributed by atoms with Crippen molar-refractivity contribution in [2.75, 3.05) is 26.4 Å². The van der Waals surface area contributed by atoms with Crippen molar-refractivity contribution in [3.63, 3.8) is 0 Å². The van der Waals surface area contributed by atoms with Crippen molar-refractivity contribution in [3.05, 3.63) is 143 Å². The second-order valence-corrected chi connectivity index (χ2v) is 10.9. The summed E-state index contributed by atoms with van der Waals surface area (Å²) >= 11 is 0. The van der Waals surface area contributed by atoms with Gasteiger partial charge in [-0.3, -0.25) is 0 Å². The number of allylic oxidation sites excluding steroid dienone is 2. The minimum atomic E-state index is -0.747. The zero-order chi connectivity index (χ0) is 33.2. The number of fused-ring (bicyclic) bond motifs is 3. The maximum atomic E-state index is 11.6. The highest BCUT2D eigenvalue weighted by molar-refractivity contribution is 5.87. The van der Waals surface area contributed by atoms with E-state index in [9.17, 15) is 19.8 Å². The van der Waals surface area contributed by atoms with Crippen LogP contribution in [0.5, 0.6) is 11.5 Å². The number of aliphatic hydroxyl groups is 2. The molecule has 0 saturated carbocycles. The predicted octanol–water partition coefficient (Wildman–Crippen LogP) is 7.60. The Balaban J connectivity index is 1.35. The monoisotopic (exact) mass is 634 g/mol. The van der Waals surface area contributed by atoms with E-state index in [-0.39, 0.29) is 13.2 Å². The Morgan fingerprint density at radius 2 is 0.957 bits per heavy atom. The Labute approximate surface area is 274 Å². The summed E-state index contributed by atoms with van der Waals surface area (Å²) in [4.78, 5) is 23.2. The Kier molecular flexibility index (Phi) is 10.6. The summed E-state index contributed by atoms with van der Waals surface area (Å²) in [7, 11) is 0. The summed E-state index contributed by atoms with van der Waals surface area (Å²) < 4.78 is 22.0. The molecule has 0 amide bonds. The minimum absolute atomic E-state index is 0.139. The fourth-order valence-corrected chi connectivity index (χ4v) is 5.84. The first-order valence-electron chi connectivity index (χ1n) is 15.6. The maximum Gasteiger partial charge on any atom is 0.373 e. The second-order valence-electron chi connectivity index (χ2n) is 10.9. The number of carbonyl (C=O) groups is 2. The van der Waals surface area contributed by atoms with Gasteiger partial charge in [0.2, 0.25) is 0 Å². The lowest BCUT2D eigenvalue weighted by atomic mass is 9.68. The van der Waals surface area contributed by atoms with Crippen LogP contribution in [-0.2, 0) is 24.5 Å². The van der Waals surface area contributed by atoms with Crippen molar-refractivity contribution in [2.24, 2.45) is 0 Å². The van der Waals surface area contributed by atoms with Crippen LogP contribution in [0.3, 0.4) is 0 Å². The lowest BCUT2D eigenvalue weighted by molar-refractivity contribution is -0.143. The van der Waals surface area contributed by atoms with Crippen molar-refractivity contribution in [1.82, 2.24) is 0 Å². The largest absolute Gasteiger partial charge is 0.502 e. The molecular formula is C39H38O8. The van der Waals surface area contributed by atoms with Gasteiger partial charge >= 0.3 is 11.9 Å². The fourth-order valence-electron chi connectivity index (χ4n) is 5.84. The molecule has 8 heteroatoms. The molecule has 242 valence electrons. The number of rotatable bonds is 14. The van der Waals surface area contributed by atoms with E-state index in [0.717, 1.165) is 11.1 Å². The third-order valence-electron chi connectivity index (χ3n) is 8.07. The molecule has 47 heavy (non-hydrogen) atoms. The third kappa shape index (κ3) is 7.02. The molecule has 0 radical (unpaired) electrons. The fraction of sp³-hybridized carbons (Fsp3) is 0.231. The van der Waals surface area contributed by atoms with Crippen LogP contribution in [0.25, 0.3) is 11.1 Å². The highest BCUT2D eigenvalue weighted by atomic mass is 16.6. The first-order chi connectivity index (χ1) is 22.9. The summed E-state index contributed by atoms with van der Waals surface area (Å²) in [6, 6.07) is 33.2. The number of ether oxygens (including phenoxy) is 4. The third-order valence-corrected chi connectivity index (χ3v) is 8.07. The molecule has 1 aliphatic carbocycles. The first-order valence-corrected chi connectivity index (χ1v) is 15.6. The zero-order valence-corrected chi connectivity index (χ0v) is 26.5. The lowest BCUT2D eigenvalue weighted by Crippen LogP contribution is -2.28. The summed E-state index contributed by atoms with van der Waals surface area (Å²) in [6.07, 6.45) is 3.55. The molecule has 0 spiro atoms. The molecule has 0 aliphatic heterocycles. The number of hydrogen-bond donors (Lipinski definition) is 2. The van der Waals surface area contributed by atoms with Crippen LogP contribution >= 0.6 is 0 Å². The van der Waals surface area contributed by atoms with Crippen molar-refractivity contribution in [2.45, 2.75) is 32.1 Å². The van der Waals surface area contributed by atoms with Gasteiger partial charge in [-0.25, -0.2) is 9.59 Å². The summed E-state index contributed by atoms with van der Waals surface area (Å²) in [5.74, 6) is -0.916. The molecule has 4 aromatic carbocycles. The molecule has 0 aromatic heterocycles. The van der Waals surface area contributed by atoms with Gasteiger partial charge in [-0.2, -0.15) is 0 Å². The highest BCUT2D eigenvalue weighted by Crippen LogP contribution is 2.56. The highest BCUT2D eigenvalue weighted by Gasteiger charge is 2.45. The van der Waals surface area contributed by atoms with E-state index in [0.29, 0.717) is 37.6 Å². The average Bonchev–Trinajstić information content (AvgIpc) is 3.42. The van der Waals surface area contributed by atoms with Crippen LogP contribution in [0.15, 0.2) is 121 Å². The van der Waals surface area contributed by atoms with Gasteiger partial charge in [0, 0.05) is 12.8 Å². The van der Waals surface area contributed by atoms with Gasteiger partial charge in [0.25, 0.3) is 0 Å². The van der Waals surface area contributed by atoms with Gasteiger partial charge in [0.1, 0.15) is 11.5 Å². The van der Waals surface area contributed by atoms with E-state index in [2.05, 4.69) is 72.8 Å². The summed E-state index contributed by atoms with van der Waals surface area (Å²) in [6.45, 7) is 4.10. The van der Waals surface area contributed by atoms with E-state index in [1.54, 1.807) is 13.8 Å². The Bertz CT molecular complexity index is 1620. The minimum Gasteiger partial charge on any atom is -0.502 e. The summed E-state index contributed by atoms with van der Waals surface area (Å²) in [5, 5.41) is 18.9. The van der Waals surface area contributed by atoms with E-state index < -0.39 is 28.9 Å².